The molecule has 8 nitrogen and oxygen atoms in total. The molecule has 2 atom stereocenters. The highest BCUT2D eigenvalue weighted by molar-refractivity contribution is 5.96. The molecule has 0 aliphatic carbocycles. The van der Waals surface area contributed by atoms with Crippen molar-refractivity contribution in [2.45, 2.75) is 50.6 Å². The summed E-state index contributed by atoms with van der Waals surface area (Å²) in [6, 6.07) is 15.2. The number of carbonyl (C=O) groups excluding carboxylic acids is 3. The van der Waals surface area contributed by atoms with Gasteiger partial charge in [0.1, 0.15) is 6.04 Å². The lowest BCUT2D eigenvalue weighted by Gasteiger charge is -2.12. The fourth-order valence-corrected chi connectivity index (χ4v) is 3.95. The number of para-hydroxylation sites is 1. The summed E-state index contributed by atoms with van der Waals surface area (Å²) < 4.78 is 6.76. The van der Waals surface area contributed by atoms with Crippen molar-refractivity contribution >= 4 is 28.7 Å². The third kappa shape index (κ3) is 6.97. The summed E-state index contributed by atoms with van der Waals surface area (Å²) >= 11 is 0. The van der Waals surface area contributed by atoms with Gasteiger partial charge in [0, 0.05) is 24.4 Å². The minimum absolute atomic E-state index is 0.0876. The molecule has 0 spiro atoms. The molecule has 0 saturated carbocycles. The van der Waals surface area contributed by atoms with Gasteiger partial charge in [0.2, 0.25) is 5.91 Å². The molecule has 3 rings (SSSR count). The van der Waals surface area contributed by atoms with E-state index in [0.29, 0.717) is 30.5 Å². The van der Waals surface area contributed by atoms with Crippen LogP contribution >= 0.6 is 0 Å². The zero-order chi connectivity index (χ0) is 25.2. The number of carbonyl (C=O) groups is 2. The Morgan fingerprint density at radius 3 is 2.40 bits per heavy atom. The van der Waals surface area contributed by atoms with Gasteiger partial charge in [-0.15, -0.1) is 0 Å². The number of nitrogens with two attached hydrogens (primary N) is 3. The van der Waals surface area contributed by atoms with E-state index in [0.717, 1.165) is 23.8 Å². The molecule has 8 heteroatoms. The maximum Gasteiger partial charge on any atom is 0.329 e. The van der Waals surface area contributed by atoms with Crippen LogP contribution in [0.3, 0.4) is 0 Å². The summed E-state index contributed by atoms with van der Waals surface area (Å²) in [6.45, 7) is 0.554. The number of unbranched alkanes of at least 4 members (excludes halogenated alkanes) is 1. The first kappa shape index (κ1) is 26.1. The molecule has 2 aromatic carbocycles. The molecular formula is C27H32N4O4. The molecule has 0 amide bonds. The van der Waals surface area contributed by atoms with Crippen LogP contribution in [-0.4, -0.2) is 41.0 Å². The Morgan fingerprint density at radius 1 is 0.971 bits per heavy atom. The van der Waals surface area contributed by atoms with Crippen molar-refractivity contribution < 1.29 is 19.1 Å². The first-order valence-electron chi connectivity index (χ1n) is 11.8. The van der Waals surface area contributed by atoms with Crippen LogP contribution in [0.5, 0.6) is 0 Å². The van der Waals surface area contributed by atoms with Gasteiger partial charge < -0.3 is 21.9 Å². The molecule has 0 radical (unpaired) electrons. The van der Waals surface area contributed by atoms with E-state index >= 15 is 0 Å². The number of hydrogen-bond donors (Lipinski definition) is 3. The maximum atomic E-state index is 13.0. The molecule has 1 heterocycles. The first-order chi connectivity index (χ1) is 16.9. The highest BCUT2D eigenvalue weighted by Gasteiger charge is 2.23. The summed E-state index contributed by atoms with van der Waals surface area (Å²) in [7, 11) is 0. The van der Waals surface area contributed by atoms with Crippen molar-refractivity contribution in [3.05, 3.63) is 77.7 Å². The quantitative estimate of drug-likeness (QED) is 0.158. The van der Waals surface area contributed by atoms with E-state index in [1.807, 2.05) is 54.6 Å². The van der Waals surface area contributed by atoms with E-state index in [4.69, 9.17) is 21.9 Å². The lowest BCUT2D eigenvalue weighted by atomic mass is 10.1. The van der Waals surface area contributed by atoms with Crippen LogP contribution in [0.2, 0.25) is 0 Å². The summed E-state index contributed by atoms with van der Waals surface area (Å²) in [4.78, 5) is 36.9. The zero-order valence-corrected chi connectivity index (χ0v) is 19.7. The molecule has 35 heavy (non-hydrogen) atoms. The maximum absolute atomic E-state index is 13.0. The van der Waals surface area contributed by atoms with E-state index in [2.05, 4.69) is 0 Å². The Hall–Kier alpha value is -3.55. The van der Waals surface area contributed by atoms with E-state index in [9.17, 15) is 14.4 Å². The van der Waals surface area contributed by atoms with E-state index in [1.165, 1.54) is 4.57 Å². The number of allylic oxidation sites excluding steroid dienone is 1. The van der Waals surface area contributed by atoms with E-state index < -0.39 is 18.1 Å². The largest absolute Gasteiger partial charge is 0.418 e. The van der Waals surface area contributed by atoms with Crippen LogP contribution in [0.25, 0.3) is 10.9 Å². The fourth-order valence-electron chi connectivity index (χ4n) is 3.95. The Bertz CT molecular complexity index is 1200. The molecule has 3 aromatic rings. The monoisotopic (exact) mass is 476 g/mol. The molecular weight excluding hydrogens is 444 g/mol. The fraction of sp³-hybridized carbons (Fsp3) is 0.333. The van der Waals surface area contributed by atoms with Crippen molar-refractivity contribution in [1.29, 1.82) is 0 Å². The molecule has 0 saturated heterocycles. The number of nitrogens with zero attached hydrogens (tertiary/aromatic N) is 1. The van der Waals surface area contributed by atoms with Gasteiger partial charge >= 0.3 is 5.97 Å². The summed E-state index contributed by atoms with van der Waals surface area (Å²) in [6.07, 6.45) is 4.69. The lowest BCUT2D eigenvalue weighted by Crippen LogP contribution is -2.35. The second kappa shape index (κ2) is 12.8. The molecule has 0 unspecified atom stereocenters. The first-order valence-corrected chi connectivity index (χ1v) is 11.8. The van der Waals surface area contributed by atoms with Gasteiger partial charge in [-0.25, -0.2) is 9.59 Å². The van der Waals surface area contributed by atoms with E-state index in [-0.39, 0.29) is 24.5 Å². The second-order valence-electron chi connectivity index (χ2n) is 8.51. The molecule has 184 valence electrons. The molecule has 0 aliphatic rings. The Balaban J connectivity index is 1.68. The van der Waals surface area contributed by atoms with Crippen molar-refractivity contribution in [3.8, 4) is 0 Å². The summed E-state index contributed by atoms with van der Waals surface area (Å²) in [5, 5.41) is 0.800. The number of hydrogen-bond acceptors (Lipinski definition) is 7. The number of aromatic nitrogens is 1. The highest BCUT2D eigenvalue weighted by Crippen LogP contribution is 2.23. The average molecular weight is 477 g/mol. The summed E-state index contributed by atoms with van der Waals surface area (Å²) in [5.74, 6) is 0.661. The second-order valence-corrected chi connectivity index (χ2v) is 8.51. The number of benzene rings is 2. The highest BCUT2D eigenvalue weighted by atomic mass is 16.5. The minimum Gasteiger partial charge on any atom is -0.418 e. The Kier molecular flexibility index (Phi) is 9.52. The minimum atomic E-state index is -1.03. The van der Waals surface area contributed by atoms with Gasteiger partial charge in [-0.2, -0.15) is 0 Å². The average Bonchev–Trinajstić information content (AvgIpc) is 3.24. The van der Waals surface area contributed by atoms with Crippen molar-refractivity contribution in [2.75, 3.05) is 6.54 Å². The van der Waals surface area contributed by atoms with Crippen LogP contribution < -0.4 is 17.2 Å². The number of fused-ring (bicyclic) bond motifs is 1. The topological polar surface area (TPSA) is 143 Å². The normalized spacial score (nSPS) is 12.7. The molecule has 6 N–H and O–H groups in total. The lowest BCUT2D eigenvalue weighted by molar-refractivity contribution is -0.141. The van der Waals surface area contributed by atoms with Gasteiger partial charge in [0.15, 0.2) is 11.7 Å². The number of rotatable bonds is 12. The molecule has 1 aromatic heterocycles. The van der Waals surface area contributed by atoms with Crippen LogP contribution in [0.15, 0.2) is 66.6 Å². The number of esters is 1. The predicted octanol–water partition coefficient (Wildman–Crippen LogP) is 2.50. The summed E-state index contributed by atoms with van der Waals surface area (Å²) in [5.41, 5.74) is 20.2. The number of aryl methyl sites for hydroxylation is 1. The molecule has 0 fully saturated rings. The SMILES string of the molecule is NCCCC[C@H](N)C(=O)n1cc(C[C@H](N)C(=O)OC(=C=O)CCc2ccccc2)c2ccccc21. The van der Waals surface area contributed by atoms with Crippen LogP contribution in [0.4, 0.5) is 0 Å². The Morgan fingerprint density at radius 2 is 1.69 bits per heavy atom. The third-order valence-corrected chi connectivity index (χ3v) is 5.88. The van der Waals surface area contributed by atoms with Gasteiger partial charge in [0.05, 0.1) is 11.6 Å². The van der Waals surface area contributed by atoms with Gasteiger partial charge in [-0.05, 0) is 43.0 Å². The van der Waals surface area contributed by atoms with Crippen molar-refractivity contribution in [1.82, 2.24) is 4.57 Å². The van der Waals surface area contributed by atoms with E-state index in [1.54, 1.807) is 12.1 Å². The van der Waals surface area contributed by atoms with Gasteiger partial charge in [-0.3, -0.25) is 9.36 Å². The predicted molar refractivity (Wildman–Crippen MR) is 135 cm³/mol. The molecule has 0 aliphatic heterocycles. The van der Waals surface area contributed by atoms with Gasteiger partial charge in [0.25, 0.3) is 0 Å². The van der Waals surface area contributed by atoms with Crippen LogP contribution in [-0.2, 0) is 27.2 Å². The van der Waals surface area contributed by atoms with Crippen LogP contribution in [0, 0.1) is 0 Å². The van der Waals surface area contributed by atoms with Gasteiger partial charge in [-0.1, -0.05) is 55.0 Å². The number of ether oxygens (including phenoxy) is 1. The standard InChI is InChI=1S/C27H32N4O4/c28-15-7-6-11-23(29)26(33)31-17-20(22-10-4-5-12-25(22)31)16-24(30)27(34)35-21(18-32)14-13-19-8-2-1-3-9-19/h1-5,8-10,12,17,23-24H,6-7,11,13-16,28-30H2/t23-,24-/m0/s1. The zero-order valence-electron chi connectivity index (χ0n) is 19.7. The van der Waals surface area contributed by atoms with Crippen LogP contribution in [0.1, 0.15) is 41.6 Å². The van der Waals surface area contributed by atoms with Crippen molar-refractivity contribution in [2.24, 2.45) is 17.2 Å². The third-order valence-electron chi connectivity index (χ3n) is 5.88. The molecule has 0 bridgehead atoms. The van der Waals surface area contributed by atoms with Crippen molar-refractivity contribution in [3.63, 3.8) is 0 Å². The Labute approximate surface area is 204 Å². The smallest absolute Gasteiger partial charge is 0.329 e.